The van der Waals surface area contributed by atoms with Gasteiger partial charge in [-0.25, -0.2) is 18.4 Å². The molecule has 1 atom stereocenters. The molecule has 0 radical (unpaired) electrons. The predicted molar refractivity (Wildman–Crippen MR) is 97.4 cm³/mol. The van der Waals surface area contributed by atoms with Gasteiger partial charge in [-0.3, -0.25) is 4.79 Å². The lowest BCUT2D eigenvalue weighted by Crippen LogP contribution is -2.30. The van der Waals surface area contributed by atoms with Crippen molar-refractivity contribution in [2.24, 2.45) is 0 Å². The number of amides is 1. The number of halogens is 2. The molecule has 6 nitrogen and oxygen atoms in total. The standard InChI is InChI=1S/C20H17F2NO5/c1-12(19(25)23-18-15(21)4-3-5-16(18)22)28-17(24)11-8-13-6-9-14(10-7-13)20(26)27-2/h3-12H,1-2H3,(H,23,25)/b11-8+/t12-/m1/s1. The molecule has 0 aromatic heterocycles. The molecule has 0 saturated carbocycles. The molecule has 0 saturated heterocycles. The molecule has 1 amide bonds. The first-order chi connectivity index (χ1) is 13.3. The number of rotatable bonds is 6. The fourth-order valence-corrected chi connectivity index (χ4v) is 2.12. The minimum Gasteiger partial charge on any atom is -0.465 e. The van der Waals surface area contributed by atoms with Crippen molar-refractivity contribution in [3.05, 3.63) is 71.3 Å². The first kappa shape index (κ1) is 20.8. The van der Waals surface area contributed by atoms with Crippen LogP contribution in [0, 0.1) is 11.6 Å². The van der Waals surface area contributed by atoms with Gasteiger partial charge in [-0.05, 0) is 42.8 Å². The van der Waals surface area contributed by atoms with Crippen LogP contribution in [0.4, 0.5) is 14.5 Å². The Balaban J connectivity index is 1.93. The van der Waals surface area contributed by atoms with Gasteiger partial charge in [0.25, 0.3) is 5.91 Å². The Bertz CT molecular complexity index is 889. The topological polar surface area (TPSA) is 81.7 Å². The number of hydrogen-bond donors (Lipinski definition) is 1. The first-order valence-corrected chi connectivity index (χ1v) is 8.13. The zero-order valence-electron chi connectivity index (χ0n) is 15.1. The van der Waals surface area contributed by atoms with Crippen molar-refractivity contribution < 1.29 is 32.6 Å². The van der Waals surface area contributed by atoms with Crippen LogP contribution in [0.1, 0.15) is 22.8 Å². The largest absolute Gasteiger partial charge is 0.465 e. The van der Waals surface area contributed by atoms with Crippen molar-refractivity contribution in [3.8, 4) is 0 Å². The van der Waals surface area contributed by atoms with Gasteiger partial charge in [0, 0.05) is 6.08 Å². The zero-order valence-corrected chi connectivity index (χ0v) is 15.1. The van der Waals surface area contributed by atoms with Crippen molar-refractivity contribution in [3.63, 3.8) is 0 Å². The normalized spacial score (nSPS) is 11.7. The lowest BCUT2D eigenvalue weighted by Gasteiger charge is -2.13. The van der Waals surface area contributed by atoms with E-state index < -0.39 is 41.3 Å². The summed E-state index contributed by atoms with van der Waals surface area (Å²) in [6, 6.07) is 9.37. The molecule has 0 heterocycles. The van der Waals surface area contributed by atoms with Crippen molar-refractivity contribution in [1.82, 2.24) is 0 Å². The van der Waals surface area contributed by atoms with E-state index in [4.69, 9.17) is 4.74 Å². The number of hydrogen-bond acceptors (Lipinski definition) is 5. The quantitative estimate of drug-likeness (QED) is 0.605. The van der Waals surface area contributed by atoms with Gasteiger partial charge in [-0.2, -0.15) is 0 Å². The Hall–Kier alpha value is -3.55. The van der Waals surface area contributed by atoms with Crippen LogP contribution in [0.25, 0.3) is 6.08 Å². The molecule has 0 bridgehead atoms. The van der Waals surface area contributed by atoms with Crippen molar-refractivity contribution in [1.29, 1.82) is 0 Å². The van der Waals surface area contributed by atoms with Gasteiger partial charge in [-0.15, -0.1) is 0 Å². The number of nitrogens with one attached hydrogen (secondary N) is 1. The number of carbonyl (C=O) groups is 3. The third kappa shape index (κ3) is 5.47. The molecule has 2 aromatic carbocycles. The summed E-state index contributed by atoms with van der Waals surface area (Å²) in [6.45, 7) is 1.27. The van der Waals surface area contributed by atoms with E-state index in [0.29, 0.717) is 11.1 Å². The molecule has 0 spiro atoms. The summed E-state index contributed by atoms with van der Waals surface area (Å²) in [5, 5.41) is 2.05. The molecule has 0 fully saturated rings. The van der Waals surface area contributed by atoms with Gasteiger partial charge in [0.15, 0.2) is 6.10 Å². The predicted octanol–water partition coefficient (Wildman–Crippen LogP) is 3.34. The molecule has 8 heteroatoms. The monoisotopic (exact) mass is 389 g/mol. The third-order valence-corrected chi connectivity index (χ3v) is 3.62. The maximum atomic E-state index is 13.5. The molecule has 146 valence electrons. The van der Waals surface area contributed by atoms with Crippen LogP contribution in [0.3, 0.4) is 0 Å². The van der Waals surface area contributed by atoms with E-state index >= 15 is 0 Å². The second-order valence-corrected chi connectivity index (χ2v) is 5.61. The average Bonchev–Trinajstić information content (AvgIpc) is 2.68. The highest BCUT2D eigenvalue weighted by atomic mass is 19.1. The van der Waals surface area contributed by atoms with Crippen LogP contribution in [-0.2, 0) is 19.1 Å². The molecule has 0 unspecified atom stereocenters. The Labute approximate surface area is 159 Å². The minimum absolute atomic E-state index is 0.355. The highest BCUT2D eigenvalue weighted by Gasteiger charge is 2.20. The minimum atomic E-state index is -1.28. The van der Waals surface area contributed by atoms with Crippen LogP contribution < -0.4 is 5.32 Å². The van der Waals surface area contributed by atoms with Crippen molar-refractivity contribution >= 4 is 29.6 Å². The SMILES string of the molecule is COC(=O)c1ccc(/C=C/C(=O)O[C@H](C)C(=O)Nc2c(F)cccc2F)cc1. The molecule has 2 rings (SSSR count). The number of esters is 2. The van der Waals surface area contributed by atoms with Crippen LogP contribution in [-0.4, -0.2) is 31.1 Å². The van der Waals surface area contributed by atoms with Gasteiger partial charge < -0.3 is 14.8 Å². The second-order valence-electron chi connectivity index (χ2n) is 5.61. The van der Waals surface area contributed by atoms with E-state index in [1.807, 2.05) is 5.32 Å². The molecular formula is C20H17F2NO5. The number of methoxy groups -OCH3 is 1. The summed E-state index contributed by atoms with van der Waals surface area (Å²) in [5.74, 6) is -4.08. The Kier molecular flexibility index (Phi) is 6.97. The molecule has 2 aromatic rings. The summed E-state index contributed by atoms with van der Waals surface area (Å²) >= 11 is 0. The van der Waals surface area contributed by atoms with Crippen molar-refractivity contribution in [2.45, 2.75) is 13.0 Å². The van der Waals surface area contributed by atoms with E-state index in [0.717, 1.165) is 24.3 Å². The van der Waals surface area contributed by atoms with Crippen LogP contribution in [0.2, 0.25) is 0 Å². The molecule has 28 heavy (non-hydrogen) atoms. The zero-order chi connectivity index (χ0) is 20.7. The first-order valence-electron chi connectivity index (χ1n) is 8.13. The highest BCUT2D eigenvalue weighted by Crippen LogP contribution is 2.18. The van der Waals surface area contributed by atoms with E-state index in [-0.39, 0.29) is 0 Å². The van der Waals surface area contributed by atoms with Gasteiger partial charge in [0.05, 0.1) is 12.7 Å². The lowest BCUT2D eigenvalue weighted by atomic mass is 10.1. The van der Waals surface area contributed by atoms with E-state index in [9.17, 15) is 23.2 Å². The fraction of sp³-hybridized carbons (Fsp3) is 0.150. The van der Waals surface area contributed by atoms with Crippen LogP contribution in [0.15, 0.2) is 48.5 Å². The van der Waals surface area contributed by atoms with Crippen LogP contribution >= 0.6 is 0 Å². The number of benzene rings is 2. The number of carbonyl (C=O) groups excluding carboxylic acids is 3. The Morgan fingerprint density at radius 2 is 1.64 bits per heavy atom. The second kappa shape index (κ2) is 9.40. The molecular weight excluding hydrogens is 372 g/mol. The summed E-state index contributed by atoms with van der Waals surface area (Å²) < 4.78 is 36.6. The maximum Gasteiger partial charge on any atom is 0.337 e. The number of ether oxygens (including phenoxy) is 2. The lowest BCUT2D eigenvalue weighted by molar-refractivity contribution is -0.148. The highest BCUT2D eigenvalue weighted by molar-refractivity contribution is 5.97. The van der Waals surface area contributed by atoms with Gasteiger partial charge in [-0.1, -0.05) is 18.2 Å². The van der Waals surface area contributed by atoms with Gasteiger partial charge in [0.1, 0.15) is 17.3 Å². The van der Waals surface area contributed by atoms with Gasteiger partial charge >= 0.3 is 11.9 Å². The van der Waals surface area contributed by atoms with E-state index in [1.165, 1.54) is 32.2 Å². The summed E-state index contributed by atoms with van der Waals surface area (Å²) in [7, 11) is 1.27. The molecule has 0 aliphatic carbocycles. The average molecular weight is 389 g/mol. The summed E-state index contributed by atoms with van der Waals surface area (Å²) in [4.78, 5) is 35.1. The van der Waals surface area contributed by atoms with Gasteiger partial charge in [0.2, 0.25) is 0 Å². The maximum absolute atomic E-state index is 13.5. The number of anilines is 1. The summed E-state index contributed by atoms with van der Waals surface area (Å²) in [5.41, 5.74) is 0.347. The molecule has 1 N–H and O–H groups in total. The van der Waals surface area contributed by atoms with E-state index in [2.05, 4.69) is 4.74 Å². The van der Waals surface area contributed by atoms with E-state index in [1.54, 1.807) is 12.1 Å². The number of para-hydroxylation sites is 1. The smallest absolute Gasteiger partial charge is 0.337 e. The fourth-order valence-electron chi connectivity index (χ4n) is 2.12. The molecule has 0 aliphatic heterocycles. The summed E-state index contributed by atoms with van der Waals surface area (Å²) in [6.07, 6.45) is 1.23. The van der Waals surface area contributed by atoms with Crippen molar-refractivity contribution in [2.75, 3.05) is 12.4 Å². The molecule has 0 aliphatic rings. The van der Waals surface area contributed by atoms with Crippen LogP contribution in [0.5, 0.6) is 0 Å². The third-order valence-electron chi connectivity index (χ3n) is 3.62. The Morgan fingerprint density at radius 1 is 1.04 bits per heavy atom. The Morgan fingerprint density at radius 3 is 2.21 bits per heavy atom.